The van der Waals surface area contributed by atoms with Crippen molar-refractivity contribution in [2.24, 2.45) is 0 Å². The summed E-state index contributed by atoms with van der Waals surface area (Å²) < 4.78 is 1.96. The lowest BCUT2D eigenvalue weighted by atomic mass is 10.1. The fourth-order valence-electron chi connectivity index (χ4n) is 1.85. The van der Waals surface area contributed by atoms with Crippen LogP contribution in [0.3, 0.4) is 0 Å². The fraction of sp³-hybridized carbons (Fsp3) is 0. The first-order valence-corrected chi connectivity index (χ1v) is 7.64. The number of carbonyl (C=O) groups excluding carboxylic acids is 1. The van der Waals surface area contributed by atoms with Crippen molar-refractivity contribution in [2.75, 3.05) is 5.32 Å². The second kappa shape index (κ2) is 5.64. The normalized spacial score (nSPS) is 10.3. The summed E-state index contributed by atoms with van der Waals surface area (Å²) in [6.07, 6.45) is 0. The number of halogens is 1. The number of nitriles is 1. The van der Waals surface area contributed by atoms with E-state index in [0.717, 1.165) is 14.7 Å². The van der Waals surface area contributed by atoms with Crippen molar-refractivity contribution in [3.8, 4) is 6.07 Å². The summed E-state index contributed by atoms with van der Waals surface area (Å²) in [6, 6.07) is 14.3. The summed E-state index contributed by atoms with van der Waals surface area (Å²) >= 11 is 4.81. The summed E-state index contributed by atoms with van der Waals surface area (Å²) in [6.45, 7) is 0. The van der Waals surface area contributed by atoms with Crippen LogP contribution in [0.15, 0.2) is 46.9 Å². The Morgan fingerprint density at radius 2 is 2.14 bits per heavy atom. The molecule has 102 valence electrons. The number of benzene rings is 2. The Labute approximate surface area is 133 Å². The fourth-order valence-corrected chi connectivity index (χ4v) is 3.26. The maximum absolute atomic E-state index is 12.2. The van der Waals surface area contributed by atoms with Gasteiger partial charge in [-0.15, -0.1) is 0 Å². The molecule has 21 heavy (non-hydrogen) atoms. The zero-order valence-electron chi connectivity index (χ0n) is 10.6. The minimum Gasteiger partial charge on any atom is -0.298 e. The van der Waals surface area contributed by atoms with E-state index >= 15 is 0 Å². The van der Waals surface area contributed by atoms with Gasteiger partial charge in [0.05, 0.1) is 21.8 Å². The molecule has 0 fully saturated rings. The zero-order valence-corrected chi connectivity index (χ0v) is 13.0. The molecular formula is C15H8BrN3OS. The first-order chi connectivity index (χ1) is 10.2. The van der Waals surface area contributed by atoms with Crippen LogP contribution in [-0.4, -0.2) is 10.9 Å². The molecule has 0 aliphatic rings. The van der Waals surface area contributed by atoms with E-state index in [1.54, 1.807) is 24.3 Å². The maximum atomic E-state index is 12.2. The average molecular weight is 358 g/mol. The molecular weight excluding hydrogens is 350 g/mol. The van der Waals surface area contributed by atoms with Gasteiger partial charge in [-0.25, -0.2) is 4.98 Å². The number of anilines is 1. The van der Waals surface area contributed by atoms with Gasteiger partial charge in [-0.2, -0.15) is 5.26 Å². The topological polar surface area (TPSA) is 65.8 Å². The van der Waals surface area contributed by atoms with Crippen LogP contribution in [0.1, 0.15) is 15.9 Å². The van der Waals surface area contributed by atoms with Gasteiger partial charge in [0.25, 0.3) is 5.91 Å². The van der Waals surface area contributed by atoms with E-state index in [-0.39, 0.29) is 5.91 Å². The molecule has 3 rings (SSSR count). The molecule has 0 aliphatic heterocycles. The van der Waals surface area contributed by atoms with Gasteiger partial charge in [0.1, 0.15) is 0 Å². The Morgan fingerprint density at radius 3 is 2.95 bits per heavy atom. The zero-order chi connectivity index (χ0) is 14.8. The number of thiazole rings is 1. The van der Waals surface area contributed by atoms with Crippen LogP contribution in [0.4, 0.5) is 5.13 Å². The molecule has 0 saturated heterocycles. The number of amides is 1. The smallest absolute Gasteiger partial charge is 0.257 e. The summed E-state index contributed by atoms with van der Waals surface area (Å²) in [4.78, 5) is 16.5. The molecule has 0 radical (unpaired) electrons. The standard InChI is InChI=1S/C15H8BrN3OS/c16-11-4-5-12-13(7-11)21-15(18-12)19-14(20)10-3-1-2-9(6-10)8-17/h1-7H,(H,18,19,20). The largest absolute Gasteiger partial charge is 0.298 e. The van der Waals surface area contributed by atoms with E-state index < -0.39 is 0 Å². The summed E-state index contributed by atoms with van der Waals surface area (Å²) in [5, 5.41) is 12.2. The number of aromatic nitrogens is 1. The molecule has 0 atom stereocenters. The van der Waals surface area contributed by atoms with Gasteiger partial charge in [-0.3, -0.25) is 10.1 Å². The SMILES string of the molecule is N#Cc1cccc(C(=O)Nc2nc3ccc(Br)cc3s2)c1. The van der Waals surface area contributed by atoms with Gasteiger partial charge in [0.15, 0.2) is 5.13 Å². The van der Waals surface area contributed by atoms with Crippen molar-refractivity contribution in [3.63, 3.8) is 0 Å². The van der Waals surface area contributed by atoms with Crippen molar-refractivity contribution in [2.45, 2.75) is 0 Å². The summed E-state index contributed by atoms with van der Waals surface area (Å²) in [5.74, 6) is -0.273. The molecule has 3 aromatic rings. The highest BCUT2D eigenvalue weighted by atomic mass is 79.9. The van der Waals surface area contributed by atoms with E-state index in [2.05, 4.69) is 26.2 Å². The number of nitrogens with one attached hydrogen (secondary N) is 1. The Morgan fingerprint density at radius 1 is 1.29 bits per heavy atom. The molecule has 1 aromatic heterocycles. The first-order valence-electron chi connectivity index (χ1n) is 6.03. The lowest BCUT2D eigenvalue weighted by molar-refractivity contribution is 0.102. The Hall–Kier alpha value is -2.23. The van der Waals surface area contributed by atoms with Gasteiger partial charge in [-0.1, -0.05) is 33.3 Å². The van der Waals surface area contributed by atoms with E-state index in [0.29, 0.717) is 16.3 Å². The Bertz CT molecular complexity index is 882. The van der Waals surface area contributed by atoms with Crippen molar-refractivity contribution in [1.82, 2.24) is 4.98 Å². The van der Waals surface area contributed by atoms with Gasteiger partial charge in [0, 0.05) is 10.0 Å². The van der Waals surface area contributed by atoms with Gasteiger partial charge >= 0.3 is 0 Å². The number of carbonyl (C=O) groups is 1. The molecule has 0 aliphatic carbocycles. The number of hydrogen-bond donors (Lipinski definition) is 1. The second-order valence-corrected chi connectivity index (χ2v) is 6.22. The molecule has 0 unspecified atom stereocenters. The molecule has 1 heterocycles. The van der Waals surface area contributed by atoms with E-state index in [1.165, 1.54) is 11.3 Å². The summed E-state index contributed by atoms with van der Waals surface area (Å²) in [7, 11) is 0. The highest BCUT2D eigenvalue weighted by Gasteiger charge is 2.10. The lowest BCUT2D eigenvalue weighted by Crippen LogP contribution is -2.11. The molecule has 2 aromatic carbocycles. The quantitative estimate of drug-likeness (QED) is 0.747. The Kier molecular flexibility index (Phi) is 3.69. The second-order valence-electron chi connectivity index (χ2n) is 4.28. The molecule has 0 saturated carbocycles. The first kappa shape index (κ1) is 13.7. The Balaban J connectivity index is 1.87. The van der Waals surface area contributed by atoms with Gasteiger partial charge < -0.3 is 0 Å². The predicted molar refractivity (Wildman–Crippen MR) is 86.4 cm³/mol. The van der Waals surface area contributed by atoms with Crippen LogP contribution in [0.2, 0.25) is 0 Å². The third kappa shape index (κ3) is 2.94. The predicted octanol–water partition coefficient (Wildman–Crippen LogP) is 4.18. The van der Waals surface area contributed by atoms with Crippen LogP contribution in [0.5, 0.6) is 0 Å². The number of fused-ring (bicyclic) bond motifs is 1. The number of rotatable bonds is 2. The van der Waals surface area contributed by atoms with Crippen molar-refractivity contribution in [3.05, 3.63) is 58.1 Å². The van der Waals surface area contributed by atoms with Gasteiger partial charge in [0.2, 0.25) is 0 Å². The molecule has 0 bridgehead atoms. The summed E-state index contributed by atoms with van der Waals surface area (Å²) in [5.41, 5.74) is 1.73. The molecule has 0 spiro atoms. The van der Waals surface area contributed by atoms with Crippen molar-refractivity contribution >= 4 is 48.5 Å². The van der Waals surface area contributed by atoms with E-state index in [4.69, 9.17) is 5.26 Å². The van der Waals surface area contributed by atoms with E-state index in [9.17, 15) is 4.79 Å². The molecule has 1 N–H and O–H groups in total. The highest BCUT2D eigenvalue weighted by molar-refractivity contribution is 9.10. The molecule has 6 heteroatoms. The minimum atomic E-state index is -0.273. The molecule has 4 nitrogen and oxygen atoms in total. The van der Waals surface area contributed by atoms with Crippen molar-refractivity contribution < 1.29 is 4.79 Å². The lowest BCUT2D eigenvalue weighted by Gasteiger charge is -2.01. The number of nitrogens with zero attached hydrogens (tertiary/aromatic N) is 2. The maximum Gasteiger partial charge on any atom is 0.257 e. The van der Waals surface area contributed by atoms with E-state index in [1.807, 2.05) is 24.3 Å². The van der Waals surface area contributed by atoms with Crippen LogP contribution >= 0.6 is 27.3 Å². The highest BCUT2D eigenvalue weighted by Crippen LogP contribution is 2.28. The van der Waals surface area contributed by atoms with Crippen LogP contribution in [0.25, 0.3) is 10.2 Å². The minimum absolute atomic E-state index is 0.273. The van der Waals surface area contributed by atoms with Gasteiger partial charge in [-0.05, 0) is 36.4 Å². The average Bonchev–Trinajstić information content (AvgIpc) is 2.88. The third-order valence-electron chi connectivity index (χ3n) is 2.82. The van der Waals surface area contributed by atoms with Crippen LogP contribution in [-0.2, 0) is 0 Å². The number of hydrogen-bond acceptors (Lipinski definition) is 4. The van der Waals surface area contributed by atoms with Crippen LogP contribution in [0, 0.1) is 11.3 Å². The van der Waals surface area contributed by atoms with Crippen molar-refractivity contribution in [1.29, 1.82) is 5.26 Å². The van der Waals surface area contributed by atoms with Crippen LogP contribution < -0.4 is 5.32 Å². The third-order valence-corrected chi connectivity index (χ3v) is 4.25. The molecule has 1 amide bonds. The monoisotopic (exact) mass is 357 g/mol.